The molecule has 1 aliphatic heterocycles. The number of hydrogen-bond acceptors (Lipinski definition) is 5. The van der Waals surface area contributed by atoms with E-state index in [0.29, 0.717) is 19.6 Å². The van der Waals surface area contributed by atoms with Crippen molar-refractivity contribution < 1.29 is 14.3 Å². The number of nitrogens with one attached hydrogen (secondary N) is 1. The van der Waals surface area contributed by atoms with Gasteiger partial charge < -0.3 is 14.8 Å². The number of carbonyl (C=O) groups is 1. The van der Waals surface area contributed by atoms with Crippen molar-refractivity contribution in [2.24, 2.45) is 0 Å². The van der Waals surface area contributed by atoms with Crippen LogP contribution in [0.25, 0.3) is 0 Å². The number of benzene rings is 1. The van der Waals surface area contributed by atoms with Gasteiger partial charge in [0.1, 0.15) is 5.75 Å². The molecule has 0 bridgehead atoms. The highest BCUT2D eigenvalue weighted by molar-refractivity contribution is 5.75. The largest absolute Gasteiger partial charge is 0.494 e. The van der Waals surface area contributed by atoms with E-state index in [4.69, 9.17) is 9.47 Å². The van der Waals surface area contributed by atoms with E-state index < -0.39 is 0 Å². The fraction of sp³-hybridized carbons (Fsp3) is 0.478. The molecule has 6 heteroatoms. The molecule has 2 aromatic rings. The Morgan fingerprint density at radius 1 is 1.24 bits per heavy atom. The lowest BCUT2D eigenvalue weighted by molar-refractivity contribution is -0.121. The minimum atomic E-state index is 0.0955. The van der Waals surface area contributed by atoms with E-state index in [1.54, 1.807) is 6.20 Å². The highest BCUT2D eigenvalue weighted by atomic mass is 16.5. The summed E-state index contributed by atoms with van der Waals surface area (Å²) in [5.74, 6) is 0.967. The number of rotatable bonds is 10. The number of hydrogen-bond donors (Lipinski definition) is 1. The molecule has 1 fully saturated rings. The van der Waals surface area contributed by atoms with Gasteiger partial charge in [-0.2, -0.15) is 0 Å². The molecule has 0 saturated carbocycles. The highest BCUT2D eigenvalue weighted by Gasteiger charge is 2.23. The van der Waals surface area contributed by atoms with Crippen LogP contribution >= 0.6 is 0 Å². The first-order valence-electron chi connectivity index (χ1n) is 10.5. The predicted molar refractivity (Wildman–Crippen MR) is 113 cm³/mol. The van der Waals surface area contributed by atoms with E-state index in [1.165, 1.54) is 11.1 Å². The maximum atomic E-state index is 12.4. The number of pyridine rings is 1. The van der Waals surface area contributed by atoms with Gasteiger partial charge in [0.05, 0.1) is 25.9 Å². The van der Waals surface area contributed by atoms with Gasteiger partial charge in [0, 0.05) is 38.4 Å². The Hall–Kier alpha value is -2.44. The van der Waals surface area contributed by atoms with Crippen LogP contribution in [-0.2, 0) is 16.0 Å². The quantitative estimate of drug-likeness (QED) is 0.668. The van der Waals surface area contributed by atoms with Crippen molar-refractivity contribution >= 4 is 5.91 Å². The number of nitrogens with zero attached hydrogens (tertiary/aromatic N) is 2. The van der Waals surface area contributed by atoms with Crippen molar-refractivity contribution in [3.63, 3.8) is 0 Å². The summed E-state index contributed by atoms with van der Waals surface area (Å²) < 4.78 is 11.1. The topological polar surface area (TPSA) is 63.7 Å². The van der Waals surface area contributed by atoms with Crippen molar-refractivity contribution in [2.45, 2.75) is 32.2 Å². The zero-order chi connectivity index (χ0) is 20.3. The monoisotopic (exact) mass is 397 g/mol. The molecule has 1 amide bonds. The average Bonchev–Trinajstić information content (AvgIpc) is 2.77. The summed E-state index contributed by atoms with van der Waals surface area (Å²) in [5, 5.41) is 3.14. The van der Waals surface area contributed by atoms with Crippen molar-refractivity contribution in [3.8, 4) is 5.75 Å². The summed E-state index contributed by atoms with van der Waals surface area (Å²) in [6.45, 7) is 6.43. The van der Waals surface area contributed by atoms with Crippen LogP contribution in [0.5, 0.6) is 5.75 Å². The fourth-order valence-corrected chi connectivity index (χ4v) is 3.60. The molecular formula is C23H31N3O3. The molecule has 0 spiro atoms. The molecule has 1 aromatic carbocycles. The lowest BCUT2D eigenvalue weighted by atomic mass is 10.0. The average molecular weight is 398 g/mol. The Morgan fingerprint density at radius 2 is 2.03 bits per heavy atom. The van der Waals surface area contributed by atoms with Gasteiger partial charge in [-0.3, -0.25) is 14.7 Å². The summed E-state index contributed by atoms with van der Waals surface area (Å²) in [4.78, 5) is 18.9. The van der Waals surface area contributed by atoms with Crippen molar-refractivity contribution in [2.75, 3.05) is 39.5 Å². The third-order valence-electron chi connectivity index (χ3n) is 5.15. The van der Waals surface area contributed by atoms with Gasteiger partial charge in [-0.05, 0) is 49.1 Å². The first-order valence-corrected chi connectivity index (χ1v) is 10.5. The van der Waals surface area contributed by atoms with E-state index in [9.17, 15) is 4.79 Å². The summed E-state index contributed by atoms with van der Waals surface area (Å²) in [7, 11) is 0. The number of aryl methyl sites for hydroxylation is 1. The van der Waals surface area contributed by atoms with E-state index in [-0.39, 0.29) is 11.9 Å². The first kappa shape index (κ1) is 21.3. The Labute approximate surface area is 173 Å². The second-order valence-electron chi connectivity index (χ2n) is 7.19. The van der Waals surface area contributed by atoms with Crippen LogP contribution < -0.4 is 10.1 Å². The molecule has 1 unspecified atom stereocenters. The normalized spacial score (nSPS) is 15.6. The molecule has 1 atom stereocenters. The summed E-state index contributed by atoms with van der Waals surface area (Å²) in [5.41, 5.74) is 2.35. The second-order valence-corrected chi connectivity index (χ2v) is 7.19. The maximum Gasteiger partial charge on any atom is 0.220 e. The van der Waals surface area contributed by atoms with Crippen LogP contribution in [-0.4, -0.2) is 55.2 Å². The van der Waals surface area contributed by atoms with Gasteiger partial charge in [-0.1, -0.05) is 18.2 Å². The molecule has 2 heterocycles. The Morgan fingerprint density at radius 3 is 2.72 bits per heavy atom. The standard InChI is InChI=1S/C23H31N3O3/c1-2-29-21-10-8-20(9-11-21)22(26-13-15-28-16-14-26)18-25-23(27)7-3-5-19-6-4-12-24-17-19/h4,6,8-12,17,22H,2-3,5,7,13-16,18H2,1H3,(H,25,27). The number of carbonyl (C=O) groups excluding carboxylic acids is 1. The number of morpholine rings is 1. The molecule has 1 saturated heterocycles. The number of aromatic nitrogens is 1. The van der Waals surface area contributed by atoms with E-state index in [1.807, 2.05) is 37.4 Å². The molecule has 29 heavy (non-hydrogen) atoms. The Balaban J connectivity index is 1.54. The van der Waals surface area contributed by atoms with E-state index in [0.717, 1.165) is 44.9 Å². The Bertz CT molecular complexity index is 731. The molecule has 1 aromatic heterocycles. The summed E-state index contributed by atoms with van der Waals surface area (Å²) in [6.07, 6.45) is 5.84. The predicted octanol–water partition coefficient (Wildman–Crippen LogP) is 2.99. The summed E-state index contributed by atoms with van der Waals surface area (Å²) in [6, 6.07) is 12.3. The molecule has 156 valence electrons. The molecule has 1 aliphatic rings. The Kier molecular flexibility index (Phi) is 8.46. The van der Waals surface area contributed by atoms with Gasteiger partial charge >= 0.3 is 0 Å². The van der Waals surface area contributed by atoms with Crippen LogP contribution in [0.2, 0.25) is 0 Å². The lowest BCUT2D eigenvalue weighted by Gasteiger charge is -2.35. The summed E-state index contributed by atoms with van der Waals surface area (Å²) >= 11 is 0. The van der Waals surface area contributed by atoms with Crippen LogP contribution in [0, 0.1) is 0 Å². The van der Waals surface area contributed by atoms with Crippen LogP contribution in [0.1, 0.15) is 36.9 Å². The third kappa shape index (κ3) is 6.84. The number of ether oxygens (including phenoxy) is 2. The molecular weight excluding hydrogens is 366 g/mol. The van der Waals surface area contributed by atoms with Crippen LogP contribution in [0.4, 0.5) is 0 Å². The van der Waals surface area contributed by atoms with Crippen LogP contribution in [0.3, 0.4) is 0 Å². The molecule has 0 aliphatic carbocycles. The van der Waals surface area contributed by atoms with Gasteiger partial charge in [-0.25, -0.2) is 0 Å². The smallest absolute Gasteiger partial charge is 0.220 e. The second kappa shape index (κ2) is 11.5. The van der Waals surface area contributed by atoms with E-state index in [2.05, 4.69) is 27.3 Å². The first-order chi connectivity index (χ1) is 14.3. The van der Waals surface area contributed by atoms with Gasteiger partial charge in [0.15, 0.2) is 0 Å². The lowest BCUT2D eigenvalue weighted by Crippen LogP contribution is -2.43. The third-order valence-corrected chi connectivity index (χ3v) is 5.15. The van der Waals surface area contributed by atoms with Gasteiger partial charge in [0.2, 0.25) is 5.91 Å². The van der Waals surface area contributed by atoms with Crippen LogP contribution in [0.15, 0.2) is 48.8 Å². The SMILES string of the molecule is CCOc1ccc(C(CNC(=O)CCCc2cccnc2)N2CCOCC2)cc1. The zero-order valence-electron chi connectivity index (χ0n) is 17.2. The van der Waals surface area contributed by atoms with Gasteiger partial charge in [-0.15, -0.1) is 0 Å². The molecule has 0 radical (unpaired) electrons. The number of amides is 1. The minimum Gasteiger partial charge on any atom is -0.494 e. The van der Waals surface area contributed by atoms with Crippen molar-refractivity contribution in [1.82, 2.24) is 15.2 Å². The van der Waals surface area contributed by atoms with E-state index >= 15 is 0 Å². The van der Waals surface area contributed by atoms with Crippen molar-refractivity contribution in [3.05, 3.63) is 59.9 Å². The maximum absolute atomic E-state index is 12.4. The van der Waals surface area contributed by atoms with Gasteiger partial charge in [0.25, 0.3) is 0 Å². The highest BCUT2D eigenvalue weighted by Crippen LogP contribution is 2.24. The molecule has 6 nitrogen and oxygen atoms in total. The minimum absolute atomic E-state index is 0.0955. The fourth-order valence-electron chi connectivity index (χ4n) is 3.60. The molecule has 1 N–H and O–H groups in total. The molecule has 3 rings (SSSR count). The van der Waals surface area contributed by atoms with Crippen molar-refractivity contribution in [1.29, 1.82) is 0 Å². The zero-order valence-corrected chi connectivity index (χ0v) is 17.2.